The Labute approximate surface area is 333 Å². The molecule has 4 atom stereocenters. The molecule has 306 valence electrons. The minimum Gasteiger partial charge on any atom is -0.465 e. The number of hydrogen-bond acceptors (Lipinski definition) is 6. The first-order valence-electron chi connectivity index (χ1n) is 19.6. The van der Waals surface area contributed by atoms with E-state index >= 15 is 8.78 Å². The van der Waals surface area contributed by atoms with Gasteiger partial charge in [-0.25, -0.2) is 28.3 Å². The smallest absolute Gasteiger partial charge is 0.407 e. The van der Waals surface area contributed by atoms with Gasteiger partial charge >= 0.3 is 12.2 Å². The van der Waals surface area contributed by atoms with Crippen molar-refractivity contribution in [3.8, 4) is 22.3 Å². The first-order valence-corrected chi connectivity index (χ1v) is 19.6. The Morgan fingerprint density at radius 3 is 1.34 bits per heavy atom. The number of amides is 4. The highest BCUT2D eigenvalue weighted by Gasteiger charge is 2.41. The SMILES string of the molecule is CC(C)[C@@H](C(=O)N1CCC[C@H]1c1nc2c(F)cc(-c3ccc(-c4cc(F)c5nc([C@@H]6CCCN6C(=O)[C@H](C(C)C)N(C)C(=O)O)[nH]c5c4)cc3)cc2[nH]1)N(C)C(=O)O. The second kappa shape index (κ2) is 15.7. The third-order valence-corrected chi connectivity index (χ3v) is 11.6. The number of benzene rings is 3. The number of aromatic amines is 2. The van der Waals surface area contributed by atoms with Gasteiger partial charge in [0, 0.05) is 27.2 Å². The number of likely N-dealkylation sites (N-methyl/N-ethyl adjacent to an activating group) is 2. The highest BCUT2D eigenvalue weighted by molar-refractivity contribution is 5.88. The molecule has 0 spiro atoms. The fourth-order valence-corrected chi connectivity index (χ4v) is 8.70. The molecule has 2 fully saturated rings. The van der Waals surface area contributed by atoms with Crippen LogP contribution in [-0.2, 0) is 9.59 Å². The van der Waals surface area contributed by atoms with E-state index in [0.717, 1.165) is 9.80 Å². The summed E-state index contributed by atoms with van der Waals surface area (Å²) in [6, 6.07) is 11.0. The number of carboxylic acid groups (broad SMARTS) is 2. The second-order valence-corrected chi connectivity index (χ2v) is 16.1. The van der Waals surface area contributed by atoms with E-state index in [2.05, 4.69) is 19.9 Å². The third kappa shape index (κ3) is 7.31. The van der Waals surface area contributed by atoms with Crippen LogP contribution in [0.2, 0.25) is 0 Å². The molecule has 16 heteroatoms. The van der Waals surface area contributed by atoms with Crippen molar-refractivity contribution >= 4 is 46.1 Å². The van der Waals surface area contributed by atoms with E-state index in [-0.39, 0.29) is 34.7 Å². The minimum atomic E-state index is -1.19. The van der Waals surface area contributed by atoms with Crippen molar-refractivity contribution in [1.82, 2.24) is 39.5 Å². The van der Waals surface area contributed by atoms with Crippen LogP contribution >= 0.6 is 0 Å². The van der Waals surface area contributed by atoms with Crippen molar-refractivity contribution in [2.45, 2.75) is 77.5 Å². The first-order chi connectivity index (χ1) is 27.5. The van der Waals surface area contributed by atoms with Crippen molar-refractivity contribution in [3.63, 3.8) is 0 Å². The van der Waals surface area contributed by atoms with Crippen molar-refractivity contribution in [2.24, 2.45) is 11.8 Å². The molecule has 4 N–H and O–H groups in total. The molecule has 0 unspecified atom stereocenters. The van der Waals surface area contributed by atoms with Gasteiger partial charge in [-0.3, -0.25) is 19.4 Å². The number of carbonyl (C=O) groups excluding carboxylic acids is 2. The maximum absolute atomic E-state index is 15.6. The topological polar surface area (TPSA) is 179 Å². The zero-order chi connectivity index (χ0) is 41.7. The van der Waals surface area contributed by atoms with Crippen LogP contribution in [0.4, 0.5) is 18.4 Å². The van der Waals surface area contributed by atoms with Gasteiger partial charge in [0.25, 0.3) is 0 Å². The van der Waals surface area contributed by atoms with Gasteiger partial charge in [0.2, 0.25) is 11.8 Å². The standard InChI is InChI=1S/C42H48F2N8O6/c1-21(2)35(49(5)41(55)56)39(53)51-15-7-9-31(51)37-45-29-19-25(17-27(43)33(29)47-37)23-11-13-24(14-12-23)26-18-28(44)34-30(20-26)46-38(48-34)32-10-8-16-52(32)40(54)36(22(3)4)50(6)42(57)58/h11-14,17-22,31-32,35-36H,7-10,15-16H2,1-6H3,(H,45,47)(H,46,48)(H,55,56)(H,57,58)/t31-,32-,35-,36-/m0/s1. The summed E-state index contributed by atoms with van der Waals surface area (Å²) in [5, 5.41) is 19.2. The maximum atomic E-state index is 15.6. The van der Waals surface area contributed by atoms with Gasteiger partial charge < -0.3 is 30.0 Å². The molecule has 0 bridgehead atoms. The summed E-state index contributed by atoms with van der Waals surface area (Å²) in [5.74, 6) is -1.36. The zero-order valence-electron chi connectivity index (χ0n) is 33.3. The number of halogens is 2. The van der Waals surface area contributed by atoms with Crippen LogP contribution < -0.4 is 0 Å². The number of H-pyrrole nitrogens is 2. The molecule has 14 nitrogen and oxygen atoms in total. The summed E-state index contributed by atoms with van der Waals surface area (Å²) >= 11 is 0. The number of likely N-dealkylation sites (tertiary alicyclic amines) is 2. The molecule has 2 aliphatic rings. The Morgan fingerprint density at radius 1 is 0.655 bits per heavy atom. The van der Waals surface area contributed by atoms with Gasteiger partial charge in [-0.2, -0.15) is 0 Å². The monoisotopic (exact) mass is 798 g/mol. The molecular weight excluding hydrogens is 751 g/mol. The van der Waals surface area contributed by atoms with E-state index in [9.17, 15) is 29.4 Å². The normalized spacial score (nSPS) is 18.1. The average Bonchev–Trinajstić information content (AvgIpc) is 4.00. The van der Waals surface area contributed by atoms with Crippen LogP contribution in [0.1, 0.15) is 77.1 Å². The highest BCUT2D eigenvalue weighted by Crippen LogP contribution is 2.37. The quantitative estimate of drug-likeness (QED) is 0.111. The van der Waals surface area contributed by atoms with Gasteiger partial charge in [-0.05, 0) is 84.0 Å². The molecule has 5 aromatic rings. The number of nitrogens with one attached hydrogen (secondary N) is 2. The molecule has 0 saturated carbocycles. The molecular formula is C42H48F2N8O6. The summed E-state index contributed by atoms with van der Waals surface area (Å²) < 4.78 is 31.3. The Kier molecular flexibility index (Phi) is 10.9. The Bertz CT molecular complexity index is 2230. The molecule has 2 saturated heterocycles. The molecule has 3 aromatic carbocycles. The summed E-state index contributed by atoms with van der Waals surface area (Å²) in [6.07, 6.45) is 0.198. The maximum Gasteiger partial charge on any atom is 0.407 e. The van der Waals surface area contributed by atoms with E-state index in [1.54, 1.807) is 49.6 Å². The van der Waals surface area contributed by atoms with Crippen molar-refractivity contribution in [1.29, 1.82) is 0 Å². The largest absolute Gasteiger partial charge is 0.465 e. The van der Waals surface area contributed by atoms with E-state index in [4.69, 9.17) is 0 Å². The molecule has 4 amide bonds. The van der Waals surface area contributed by atoms with Crippen LogP contribution in [0.25, 0.3) is 44.3 Å². The van der Waals surface area contributed by atoms with E-state index < -0.39 is 48.0 Å². The Hall–Kier alpha value is -6.06. The lowest BCUT2D eigenvalue weighted by molar-refractivity contribution is -0.139. The number of rotatable bonds is 10. The van der Waals surface area contributed by atoms with E-state index in [1.165, 1.54) is 26.2 Å². The number of imidazole rings is 2. The first kappa shape index (κ1) is 40.1. The fourth-order valence-electron chi connectivity index (χ4n) is 8.70. The third-order valence-electron chi connectivity index (χ3n) is 11.6. The molecule has 0 aliphatic carbocycles. The Balaban J connectivity index is 1.12. The number of aromatic nitrogens is 4. The predicted molar refractivity (Wildman–Crippen MR) is 213 cm³/mol. The Morgan fingerprint density at radius 2 is 1.02 bits per heavy atom. The van der Waals surface area contributed by atoms with Crippen molar-refractivity contribution in [3.05, 3.63) is 71.8 Å². The molecule has 7 rings (SSSR count). The molecule has 4 heterocycles. The van der Waals surface area contributed by atoms with E-state index in [1.807, 2.05) is 24.3 Å². The lowest BCUT2D eigenvalue weighted by Gasteiger charge is -2.33. The number of carbonyl (C=O) groups is 4. The predicted octanol–water partition coefficient (Wildman–Crippen LogP) is 7.65. The lowest BCUT2D eigenvalue weighted by atomic mass is 9.99. The molecule has 0 radical (unpaired) electrons. The molecule has 2 aliphatic heterocycles. The van der Waals surface area contributed by atoms with Crippen LogP contribution in [0, 0.1) is 23.5 Å². The van der Waals surface area contributed by atoms with Crippen molar-refractivity contribution in [2.75, 3.05) is 27.2 Å². The number of hydrogen-bond donors (Lipinski definition) is 4. The fraction of sp³-hybridized carbons (Fsp3) is 0.429. The molecule has 2 aromatic heterocycles. The van der Waals surface area contributed by atoms with E-state index in [0.29, 0.717) is 83.7 Å². The summed E-state index contributed by atoms with van der Waals surface area (Å²) in [5.41, 5.74) is 3.76. The average molecular weight is 799 g/mol. The van der Waals surface area contributed by atoms with Crippen LogP contribution in [0.15, 0.2) is 48.5 Å². The van der Waals surface area contributed by atoms with Gasteiger partial charge in [0.05, 0.1) is 23.1 Å². The van der Waals surface area contributed by atoms with Crippen LogP contribution in [-0.4, -0.2) is 113 Å². The minimum absolute atomic E-state index is 0.137. The summed E-state index contributed by atoms with van der Waals surface area (Å²) in [6.45, 7) is 8.07. The zero-order valence-corrected chi connectivity index (χ0v) is 33.3. The molecule has 58 heavy (non-hydrogen) atoms. The van der Waals surface area contributed by atoms with Crippen molar-refractivity contribution < 1.29 is 38.2 Å². The highest BCUT2D eigenvalue weighted by atomic mass is 19.1. The van der Waals surface area contributed by atoms with Gasteiger partial charge in [-0.15, -0.1) is 0 Å². The number of nitrogens with zero attached hydrogens (tertiary/aromatic N) is 6. The van der Waals surface area contributed by atoms with Gasteiger partial charge in [0.1, 0.15) is 34.8 Å². The summed E-state index contributed by atoms with van der Waals surface area (Å²) in [7, 11) is 2.77. The number of fused-ring (bicyclic) bond motifs is 2. The lowest BCUT2D eigenvalue weighted by Crippen LogP contribution is -2.51. The second-order valence-electron chi connectivity index (χ2n) is 16.1. The van der Waals surface area contributed by atoms with Gasteiger partial charge in [-0.1, -0.05) is 52.0 Å². The van der Waals surface area contributed by atoms with Crippen LogP contribution in [0.3, 0.4) is 0 Å². The van der Waals surface area contributed by atoms with Gasteiger partial charge in [0.15, 0.2) is 11.6 Å². The van der Waals surface area contributed by atoms with Crippen LogP contribution in [0.5, 0.6) is 0 Å². The summed E-state index contributed by atoms with van der Waals surface area (Å²) in [4.78, 5) is 71.8.